The van der Waals surface area contributed by atoms with Crippen molar-refractivity contribution in [2.45, 2.75) is 32.5 Å². The molecule has 0 unspecified atom stereocenters. The van der Waals surface area contributed by atoms with Crippen LogP contribution in [-0.2, 0) is 11.3 Å². The Kier molecular flexibility index (Phi) is 5.48. The lowest BCUT2D eigenvalue weighted by molar-refractivity contribution is -0.00683. The van der Waals surface area contributed by atoms with Crippen molar-refractivity contribution in [2.75, 3.05) is 13.1 Å². The highest BCUT2D eigenvalue weighted by Crippen LogP contribution is 2.21. The molecular weight excluding hydrogens is 324 g/mol. The minimum atomic E-state index is 0.0321. The van der Waals surface area contributed by atoms with E-state index in [4.69, 9.17) is 16.3 Å². The number of piperidine rings is 1. The molecule has 4 nitrogen and oxygen atoms in total. The molecule has 1 aromatic carbocycles. The van der Waals surface area contributed by atoms with Gasteiger partial charge in [0.2, 0.25) is 0 Å². The number of aromatic nitrogens is 1. The molecule has 5 heteroatoms. The van der Waals surface area contributed by atoms with Gasteiger partial charge in [0, 0.05) is 36.1 Å². The van der Waals surface area contributed by atoms with Gasteiger partial charge in [-0.3, -0.25) is 9.78 Å². The zero-order valence-electron chi connectivity index (χ0n) is 13.7. The van der Waals surface area contributed by atoms with Gasteiger partial charge in [0.1, 0.15) is 0 Å². The number of nitrogens with zero attached hydrogens (tertiary/aromatic N) is 2. The van der Waals surface area contributed by atoms with Gasteiger partial charge in [0.15, 0.2) is 0 Å². The summed E-state index contributed by atoms with van der Waals surface area (Å²) in [6, 6.07) is 9.34. The second kappa shape index (κ2) is 7.77. The van der Waals surface area contributed by atoms with Crippen molar-refractivity contribution >= 4 is 17.5 Å². The first kappa shape index (κ1) is 16.9. The van der Waals surface area contributed by atoms with Crippen molar-refractivity contribution in [3.8, 4) is 0 Å². The van der Waals surface area contributed by atoms with Crippen LogP contribution in [0, 0.1) is 6.92 Å². The van der Waals surface area contributed by atoms with E-state index in [1.54, 1.807) is 18.5 Å². The number of pyridine rings is 1. The summed E-state index contributed by atoms with van der Waals surface area (Å²) in [7, 11) is 0. The Balaban J connectivity index is 1.62. The number of carbonyl (C=O) groups is 1. The first-order valence-corrected chi connectivity index (χ1v) is 8.57. The average molecular weight is 345 g/mol. The van der Waals surface area contributed by atoms with Gasteiger partial charge in [0.05, 0.1) is 12.7 Å². The number of carbonyl (C=O) groups excluding carboxylic acids is 1. The van der Waals surface area contributed by atoms with Gasteiger partial charge in [-0.1, -0.05) is 23.7 Å². The molecule has 0 saturated carbocycles. The first-order chi connectivity index (χ1) is 11.6. The second-order valence-corrected chi connectivity index (χ2v) is 6.58. The minimum Gasteiger partial charge on any atom is -0.372 e. The van der Waals surface area contributed by atoms with E-state index in [2.05, 4.69) is 4.98 Å². The van der Waals surface area contributed by atoms with Crippen LogP contribution in [0.4, 0.5) is 0 Å². The monoisotopic (exact) mass is 344 g/mol. The van der Waals surface area contributed by atoms with E-state index < -0.39 is 0 Å². The molecule has 1 fully saturated rings. The third-order valence-corrected chi connectivity index (χ3v) is 4.54. The normalized spacial score (nSPS) is 17.8. The highest BCUT2D eigenvalue weighted by molar-refractivity contribution is 6.31. The highest BCUT2D eigenvalue weighted by Gasteiger charge is 2.26. The summed E-state index contributed by atoms with van der Waals surface area (Å²) in [5, 5.41) is 0.588. The third kappa shape index (κ3) is 4.13. The summed E-state index contributed by atoms with van der Waals surface area (Å²) < 4.78 is 5.98. The van der Waals surface area contributed by atoms with Crippen LogP contribution in [0.25, 0.3) is 0 Å². The summed E-state index contributed by atoms with van der Waals surface area (Å²) >= 11 is 6.04. The molecule has 0 N–H and O–H groups in total. The zero-order chi connectivity index (χ0) is 16.9. The van der Waals surface area contributed by atoms with Gasteiger partial charge < -0.3 is 9.64 Å². The van der Waals surface area contributed by atoms with Gasteiger partial charge in [-0.05, 0) is 49.1 Å². The number of benzene rings is 1. The van der Waals surface area contributed by atoms with Gasteiger partial charge in [-0.15, -0.1) is 0 Å². The number of ether oxygens (including phenoxy) is 1. The Morgan fingerprint density at radius 3 is 3.08 bits per heavy atom. The molecule has 0 spiro atoms. The topological polar surface area (TPSA) is 42.4 Å². The number of rotatable bonds is 4. The van der Waals surface area contributed by atoms with Crippen LogP contribution in [0.3, 0.4) is 0 Å². The van der Waals surface area contributed by atoms with Crippen LogP contribution in [0.5, 0.6) is 0 Å². The van der Waals surface area contributed by atoms with Crippen LogP contribution in [0.2, 0.25) is 5.02 Å². The van der Waals surface area contributed by atoms with Crippen LogP contribution in [0.15, 0.2) is 42.7 Å². The Morgan fingerprint density at radius 2 is 2.29 bits per heavy atom. The smallest absolute Gasteiger partial charge is 0.254 e. The van der Waals surface area contributed by atoms with Crippen molar-refractivity contribution in [1.29, 1.82) is 0 Å². The lowest BCUT2D eigenvalue weighted by Crippen LogP contribution is -2.43. The maximum Gasteiger partial charge on any atom is 0.254 e. The van der Waals surface area contributed by atoms with Crippen molar-refractivity contribution in [3.63, 3.8) is 0 Å². The molecule has 1 aliphatic rings. The molecule has 126 valence electrons. The van der Waals surface area contributed by atoms with Gasteiger partial charge >= 0.3 is 0 Å². The van der Waals surface area contributed by atoms with E-state index in [1.807, 2.05) is 36.1 Å². The Bertz CT molecular complexity index is 706. The molecule has 1 saturated heterocycles. The SMILES string of the molecule is Cc1ccc(Cl)cc1C(=O)N1CCC[C@@H](OCc2cccnc2)C1. The fourth-order valence-electron chi connectivity index (χ4n) is 2.95. The van der Waals surface area contributed by atoms with E-state index in [0.717, 1.165) is 30.5 Å². The Hall–Kier alpha value is -1.91. The first-order valence-electron chi connectivity index (χ1n) is 8.19. The summed E-state index contributed by atoms with van der Waals surface area (Å²) in [5.41, 5.74) is 2.67. The van der Waals surface area contributed by atoms with Crippen LogP contribution in [0.1, 0.15) is 34.3 Å². The zero-order valence-corrected chi connectivity index (χ0v) is 14.5. The molecule has 3 rings (SSSR count). The number of aryl methyl sites for hydroxylation is 1. The van der Waals surface area contributed by atoms with Gasteiger partial charge in [0.25, 0.3) is 5.91 Å². The maximum atomic E-state index is 12.8. The lowest BCUT2D eigenvalue weighted by Gasteiger charge is -2.33. The van der Waals surface area contributed by atoms with E-state index in [9.17, 15) is 4.79 Å². The number of amides is 1. The van der Waals surface area contributed by atoms with Crippen LogP contribution >= 0.6 is 11.6 Å². The molecule has 0 bridgehead atoms. The summed E-state index contributed by atoms with van der Waals surface area (Å²) in [5.74, 6) is 0.0321. The number of hydrogen-bond donors (Lipinski definition) is 0. The quantitative estimate of drug-likeness (QED) is 0.845. The standard InChI is InChI=1S/C19H21ClN2O2/c1-14-6-7-16(20)10-18(14)19(23)22-9-3-5-17(12-22)24-13-15-4-2-8-21-11-15/h2,4,6-8,10-11,17H,3,5,9,12-13H2,1H3/t17-/m1/s1. The van der Waals surface area contributed by atoms with E-state index in [-0.39, 0.29) is 12.0 Å². The largest absolute Gasteiger partial charge is 0.372 e. The van der Waals surface area contributed by atoms with Crippen molar-refractivity contribution < 1.29 is 9.53 Å². The van der Waals surface area contributed by atoms with Gasteiger partial charge in [-0.25, -0.2) is 0 Å². The predicted molar refractivity (Wildman–Crippen MR) is 94.1 cm³/mol. The molecule has 0 aliphatic carbocycles. The van der Waals surface area contributed by atoms with Crippen molar-refractivity contribution in [1.82, 2.24) is 9.88 Å². The Morgan fingerprint density at radius 1 is 1.42 bits per heavy atom. The van der Waals surface area contributed by atoms with Crippen molar-refractivity contribution in [3.05, 3.63) is 64.4 Å². The molecular formula is C19H21ClN2O2. The third-order valence-electron chi connectivity index (χ3n) is 4.30. The van der Waals surface area contributed by atoms with Crippen LogP contribution < -0.4 is 0 Å². The van der Waals surface area contributed by atoms with E-state index >= 15 is 0 Å². The summed E-state index contributed by atoms with van der Waals surface area (Å²) in [4.78, 5) is 18.8. The molecule has 24 heavy (non-hydrogen) atoms. The number of hydrogen-bond acceptors (Lipinski definition) is 3. The lowest BCUT2D eigenvalue weighted by atomic mass is 10.0. The second-order valence-electron chi connectivity index (χ2n) is 6.15. The van der Waals surface area contributed by atoms with Crippen LogP contribution in [-0.4, -0.2) is 35.0 Å². The fourth-order valence-corrected chi connectivity index (χ4v) is 3.12. The molecule has 0 radical (unpaired) electrons. The average Bonchev–Trinajstić information content (AvgIpc) is 2.62. The minimum absolute atomic E-state index is 0.0321. The number of likely N-dealkylation sites (tertiary alicyclic amines) is 1. The molecule has 2 aromatic rings. The highest BCUT2D eigenvalue weighted by atomic mass is 35.5. The molecule has 1 aliphatic heterocycles. The van der Waals surface area contributed by atoms with E-state index in [1.165, 1.54) is 0 Å². The Labute approximate surface area is 147 Å². The maximum absolute atomic E-state index is 12.8. The number of halogens is 1. The summed E-state index contributed by atoms with van der Waals surface area (Å²) in [6.45, 7) is 3.84. The van der Waals surface area contributed by atoms with E-state index in [0.29, 0.717) is 23.7 Å². The summed E-state index contributed by atoms with van der Waals surface area (Å²) in [6.07, 6.45) is 5.53. The molecule has 1 amide bonds. The van der Waals surface area contributed by atoms with Gasteiger partial charge in [-0.2, -0.15) is 0 Å². The molecule has 1 aromatic heterocycles. The molecule has 2 heterocycles. The van der Waals surface area contributed by atoms with Crippen molar-refractivity contribution in [2.24, 2.45) is 0 Å². The molecule has 1 atom stereocenters. The predicted octanol–water partition coefficient (Wildman–Crippen LogP) is 3.86. The fraction of sp³-hybridized carbons (Fsp3) is 0.368.